The van der Waals surface area contributed by atoms with Crippen molar-refractivity contribution in [2.45, 2.75) is 40.2 Å². The first-order chi connectivity index (χ1) is 8.84. The van der Waals surface area contributed by atoms with Crippen LogP contribution in [0.4, 0.5) is 0 Å². The Bertz CT molecular complexity index is 166. The van der Waals surface area contributed by atoms with Gasteiger partial charge >= 0.3 is 0 Å². The average Bonchev–Trinajstić information content (AvgIpc) is 2.42. The van der Waals surface area contributed by atoms with Gasteiger partial charge in [0.25, 0.3) is 0 Å². The van der Waals surface area contributed by atoms with E-state index < -0.39 is 0 Å². The first-order valence-corrected chi connectivity index (χ1v) is 7.68. The summed E-state index contributed by atoms with van der Waals surface area (Å²) in [7, 11) is 0. The monoisotopic (exact) mass is 259 g/mol. The van der Waals surface area contributed by atoms with Crippen LogP contribution in [0.25, 0.3) is 0 Å². The standard InChI is InChI=1S/C10H21N3O.2C2H6/c14-10-8-13(9-10)5-1-4-12-6-2-11-3-7-12;2*1-2/h10-11,14H,1-9H2;2*1-2H3. The summed E-state index contributed by atoms with van der Waals surface area (Å²) in [5, 5.41) is 12.5. The van der Waals surface area contributed by atoms with Crippen molar-refractivity contribution in [2.75, 3.05) is 52.4 Å². The van der Waals surface area contributed by atoms with Crippen molar-refractivity contribution in [3.63, 3.8) is 0 Å². The molecule has 2 fully saturated rings. The fourth-order valence-corrected chi connectivity index (χ4v) is 2.18. The minimum absolute atomic E-state index is 0.0470. The lowest BCUT2D eigenvalue weighted by Crippen LogP contribution is -2.51. The van der Waals surface area contributed by atoms with Crippen LogP contribution in [0.1, 0.15) is 34.1 Å². The number of hydrogen-bond donors (Lipinski definition) is 2. The maximum absolute atomic E-state index is 9.11. The maximum atomic E-state index is 9.11. The van der Waals surface area contributed by atoms with E-state index >= 15 is 0 Å². The third-order valence-corrected chi connectivity index (χ3v) is 3.10. The number of nitrogens with one attached hydrogen (secondary N) is 1. The fraction of sp³-hybridized carbons (Fsp3) is 1.00. The number of piperazine rings is 1. The van der Waals surface area contributed by atoms with Crippen LogP contribution >= 0.6 is 0 Å². The Hall–Kier alpha value is -0.160. The molecule has 0 bridgehead atoms. The highest BCUT2D eigenvalue weighted by Gasteiger charge is 2.23. The Labute approximate surface area is 113 Å². The van der Waals surface area contributed by atoms with Crippen LogP contribution in [0.3, 0.4) is 0 Å². The van der Waals surface area contributed by atoms with Crippen molar-refractivity contribution in [3.05, 3.63) is 0 Å². The van der Waals surface area contributed by atoms with Crippen molar-refractivity contribution in [2.24, 2.45) is 0 Å². The summed E-state index contributed by atoms with van der Waals surface area (Å²) in [4.78, 5) is 4.85. The Kier molecular flexibility index (Phi) is 11.8. The van der Waals surface area contributed by atoms with Crippen LogP contribution in [-0.4, -0.2) is 73.4 Å². The highest BCUT2D eigenvalue weighted by molar-refractivity contribution is 4.78. The second kappa shape index (κ2) is 11.9. The van der Waals surface area contributed by atoms with Gasteiger partial charge in [-0.05, 0) is 19.5 Å². The number of aliphatic hydroxyl groups is 1. The van der Waals surface area contributed by atoms with E-state index in [9.17, 15) is 0 Å². The van der Waals surface area contributed by atoms with Crippen molar-refractivity contribution in [1.29, 1.82) is 0 Å². The summed E-state index contributed by atoms with van der Waals surface area (Å²) in [6.45, 7) is 16.8. The highest BCUT2D eigenvalue weighted by Crippen LogP contribution is 2.07. The molecule has 4 nitrogen and oxygen atoms in total. The van der Waals surface area contributed by atoms with Gasteiger partial charge in [0.15, 0.2) is 0 Å². The molecule has 0 aromatic carbocycles. The SMILES string of the molecule is CC.CC.OC1CN(CCCN2CCNCC2)C1. The molecule has 2 aliphatic heterocycles. The molecule has 110 valence electrons. The van der Waals surface area contributed by atoms with Gasteiger partial charge in [0.1, 0.15) is 0 Å². The molecular formula is C14H33N3O. The molecule has 0 aliphatic carbocycles. The Morgan fingerprint density at radius 3 is 1.94 bits per heavy atom. The largest absolute Gasteiger partial charge is 0.390 e. The van der Waals surface area contributed by atoms with Crippen LogP contribution in [-0.2, 0) is 0 Å². The summed E-state index contributed by atoms with van der Waals surface area (Å²) in [5.41, 5.74) is 0. The predicted octanol–water partition coefficient (Wildman–Crippen LogP) is 1.01. The molecule has 2 saturated heterocycles. The van der Waals surface area contributed by atoms with Crippen LogP contribution in [0.15, 0.2) is 0 Å². The molecule has 2 aliphatic rings. The van der Waals surface area contributed by atoms with Gasteiger partial charge in [-0.25, -0.2) is 0 Å². The summed E-state index contributed by atoms with van der Waals surface area (Å²) in [6.07, 6.45) is 1.20. The molecule has 0 aromatic rings. The van der Waals surface area contributed by atoms with Crippen molar-refractivity contribution >= 4 is 0 Å². The molecule has 18 heavy (non-hydrogen) atoms. The number of aliphatic hydroxyl groups excluding tert-OH is 1. The minimum Gasteiger partial charge on any atom is -0.390 e. The normalized spacial score (nSPS) is 21.2. The topological polar surface area (TPSA) is 38.7 Å². The molecule has 2 N–H and O–H groups in total. The first-order valence-electron chi connectivity index (χ1n) is 7.68. The van der Waals surface area contributed by atoms with E-state index in [1.54, 1.807) is 0 Å². The van der Waals surface area contributed by atoms with E-state index in [-0.39, 0.29) is 6.10 Å². The third kappa shape index (κ3) is 7.31. The van der Waals surface area contributed by atoms with E-state index in [1.807, 2.05) is 27.7 Å². The number of likely N-dealkylation sites (tertiary alicyclic amines) is 1. The average molecular weight is 259 g/mol. The smallest absolute Gasteiger partial charge is 0.0793 e. The lowest BCUT2D eigenvalue weighted by molar-refractivity contribution is 0.000325. The van der Waals surface area contributed by atoms with Gasteiger partial charge in [-0.15, -0.1) is 0 Å². The molecule has 4 heteroatoms. The minimum atomic E-state index is -0.0470. The van der Waals surface area contributed by atoms with Gasteiger partial charge in [0.2, 0.25) is 0 Å². The van der Waals surface area contributed by atoms with E-state index in [2.05, 4.69) is 15.1 Å². The van der Waals surface area contributed by atoms with Crippen molar-refractivity contribution in [3.8, 4) is 0 Å². The second-order valence-corrected chi connectivity index (χ2v) is 4.36. The Morgan fingerprint density at radius 1 is 0.944 bits per heavy atom. The van der Waals surface area contributed by atoms with Crippen molar-refractivity contribution < 1.29 is 5.11 Å². The molecule has 0 saturated carbocycles. The zero-order valence-electron chi connectivity index (χ0n) is 12.8. The fourth-order valence-electron chi connectivity index (χ4n) is 2.18. The van der Waals surface area contributed by atoms with Gasteiger partial charge in [0.05, 0.1) is 6.10 Å². The third-order valence-electron chi connectivity index (χ3n) is 3.10. The summed E-state index contributed by atoms with van der Waals surface area (Å²) < 4.78 is 0. The highest BCUT2D eigenvalue weighted by atomic mass is 16.3. The maximum Gasteiger partial charge on any atom is 0.0793 e. The van der Waals surface area contributed by atoms with Gasteiger partial charge in [0, 0.05) is 39.3 Å². The molecule has 0 amide bonds. The zero-order valence-corrected chi connectivity index (χ0v) is 12.8. The number of hydrogen-bond acceptors (Lipinski definition) is 4. The van der Waals surface area contributed by atoms with Crippen LogP contribution < -0.4 is 5.32 Å². The lowest BCUT2D eigenvalue weighted by Gasteiger charge is -2.36. The van der Waals surface area contributed by atoms with Crippen LogP contribution in [0.5, 0.6) is 0 Å². The lowest BCUT2D eigenvalue weighted by atomic mass is 10.1. The molecular weight excluding hydrogens is 226 g/mol. The molecule has 2 rings (SSSR count). The quantitative estimate of drug-likeness (QED) is 0.790. The van der Waals surface area contributed by atoms with Crippen LogP contribution in [0, 0.1) is 0 Å². The molecule has 0 aromatic heterocycles. The second-order valence-electron chi connectivity index (χ2n) is 4.36. The molecule has 2 heterocycles. The van der Waals surface area contributed by atoms with Gasteiger partial charge in [-0.3, -0.25) is 4.90 Å². The van der Waals surface area contributed by atoms with E-state index in [0.29, 0.717) is 0 Å². The summed E-state index contributed by atoms with van der Waals surface area (Å²) >= 11 is 0. The Balaban J connectivity index is 0.000000659. The van der Waals surface area contributed by atoms with E-state index in [4.69, 9.17) is 5.11 Å². The zero-order chi connectivity index (χ0) is 13.8. The summed E-state index contributed by atoms with van der Waals surface area (Å²) in [6, 6.07) is 0. The molecule has 0 atom stereocenters. The van der Waals surface area contributed by atoms with Gasteiger partial charge in [-0.2, -0.15) is 0 Å². The van der Waals surface area contributed by atoms with E-state index in [1.165, 1.54) is 26.1 Å². The number of β-amino-alcohol motifs (C(OH)–C–C–N with tert-alkyl or cyclic N) is 1. The molecule has 0 radical (unpaired) electrons. The Morgan fingerprint density at radius 2 is 1.44 bits per heavy atom. The van der Waals surface area contributed by atoms with Gasteiger partial charge in [-0.1, -0.05) is 27.7 Å². The van der Waals surface area contributed by atoms with E-state index in [0.717, 1.165) is 32.7 Å². The molecule has 0 unspecified atom stereocenters. The van der Waals surface area contributed by atoms with Gasteiger partial charge < -0.3 is 15.3 Å². The summed E-state index contributed by atoms with van der Waals surface area (Å²) in [5.74, 6) is 0. The van der Waals surface area contributed by atoms with Crippen LogP contribution in [0.2, 0.25) is 0 Å². The first kappa shape index (κ1) is 17.8. The molecule has 0 spiro atoms. The number of rotatable bonds is 4. The van der Waals surface area contributed by atoms with Crippen molar-refractivity contribution in [1.82, 2.24) is 15.1 Å². The number of nitrogens with zero attached hydrogens (tertiary/aromatic N) is 2. The predicted molar refractivity (Wildman–Crippen MR) is 79.1 cm³/mol.